The fraction of sp³-hybridized carbons (Fsp3) is 0.619. The molecule has 0 radical (unpaired) electrons. The summed E-state index contributed by atoms with van der Waals surface area (Å²) in [5, 5.41) is 0. The van der Waals surface area contributed by atoms with Gasteiger partial charge in [0.2, 0.25) is 0 Å². The van der Waals surface area contributed by atoms with Crippen molar-refractivity contribution in [1.82, 2.24) is 0 Å². The first-order chi connectivity index (χ1) is 11.6. The van der Waals surface area contributed by atoms with Crippen LogP contribution in [0.1, 0.15) is 58.4 Å². The second-order valence-electron chi connectivity index (χ2n) is 6.75. The van der Waals surface area contributed by atoms with Gasteiger partial charge in [0, 0.05) is 6.61 Å². The first-order valence-corrected chi connectivity index (χ1v) is 9.14. The van der Waals surface area contributed by atoms with Crippen molar-refractivity contribution in [2.45, 2.75) is 71.2 Å². The van der Waals surface area contributed by atoms with E-state index in [1.165, 1.54) is 11.1 Å². The summed E-state index contributed by atoms with van der Waals surface area (Å²) in [6.45, 7) is 8.02. The van der Waals surface area contributed by atoms with E-state index < -0.39 is 0 Å². The lowest BCUT2D eigenvalue weighted by atomic mass is 9.90. The Labute approximate surface area is 147 Å². The summed E-state index contributed by atoms with van der Waals surface area (Å²) < 4.78 is 17.6. The highest BCUT2D eigenvalue weighted by Crippen LogP contribution is 2.34. The molecule has 1 saturated heterocycles. The van der Waals surface area contributed by atoms with Crippen molar-refractivity contribution in [1.29, 1.82) is 0 Å². The molecule has 1 heterocycles. The average molecular weight is 332 g/mol. The molecule has 1 aromatic carbocycles. The Balaban J connectivity index is 1.99. The highest BCUT2D eigenvalue weighted by molar-refractivity contribution is 5.26. The lowest BCUT2D eigenvalue weighted by Gasteiger charge is -2.33. The molecule has 24 heavy (non-hydrogen) atoms. The second-order valence-corrected chi connectivity index (χ2v) is 6.75. The maximum Gasteiger partial charge on any atom is 0.118 e. The molecule has 2 atom stereocenters. The van der Waals surface area contributed by atoms with Gasteiger partial charge >= 0.3 is 0 Å². The van der Waals surface area contributed by atoms with E-state index in [1.807, 2.05) is 12.1 Å². The van der Waals surface area contributed by atoms with Crippen molar-refractivity contribution < 1.29 is 14.2 Å². The normalized spacial score (nSPS) is 22.6. The number of methoxy groups -OCH3 is 1. The molecule has 0 unspecified atom stereocenters. The van der Waals surface area contributed by atoms with E-state index in [0.717, 1.165) is 44.5 Å². The quantitative estimate of drug-likeness (QED) is 0.575. The fourth-order valence-electron chi connectivity index (χ4n) is 3.38. The number of benzene rings is 1. The molecule has 3 nitrogen and oxygen atoms in total. The van der Waals surface area contributed by atoms with Crippen LogP contribution in [0.3, 0.4) is 0 Å². The van der Waals surface area contributed by atoms with Crippen molar-refractivity contribution in [2.75, 3.05) is 13.7 Å². The molecule has 3 heteroatoms. The molecule has 134 valence electrons. The van der Waals surface area contributed by atoms with Gasteiger partial charge in [0.25, 0.3) is 0 Å². The second kappa shape index (κ2) is 9.24. The molecule has 0 N–H and O–H groups in total. The molecule has 2 rings (SSSR count). The predicted octanol–water partition coefficient (Wildman–Crippen LogP) is 5.29. The minimum absolute atomic E-state index is 0.128. The van der Waals surface area contributed by atoms with Crippen LogP contribution in [0.5, 0.6) is 5.75 Å². The van der Waals surface area contributed by atoms with E-state index in [1.54, 1.807) is 7.11 Å². The Morgan fingerprint density at radius 1 is 1.33 bits per heavy atom. The summed E-state index contributed by atoms with van der Waals surface area (Å²) in [6.07, 6.45) is 7.78. The largest absolute Gasteiger partial charge is 0.497 e. The number of ether oxygens (including phenoxy) is 3. The Bertz CT molecular complexity index is 512. The van der Waals surface area contributed by atoms with Crippen molar-refractivity contribution in [2.24, 2.45) is 0 Å². The topological polar surface area (TPSA) is 27.7 Å². The number of rotatable bonds is 9. The summed E-state index contributed by atoms with van der Waals surface area (Å²) in [6, 6.07) is 8.10. The maximum absolute atomic E-state index is 6.33. The molecular formula is C21H32O3. The predicted molar refractivity (Wildman–Crippen MR) is 98.4 cm³/mol. The van der Waals surface area contributed by atoms with Gasteiger partial charge in [-0.15, -0.1) is 0 Å². The number of allylic oxidation sites excluding steroid dienone is 2. The smallest absolute Gasteiger partial charge is 0.118 e. The maximum atomic E-state index is 6.33. The number of hydrogen-bond donors (Lipinski definition) is 0. The van der Waals surface area contributed by atoms with Crippen molar-refractivity contribution in [3.05, 3.63) is 41.5 Å². The van der Waals surface area contributed by atoms with Gasteiger partial charge in [-0.3, -0.25) is 0 Å². The Morgan fingerprint density at radius 2 is 2.08 bits per heavy atom. The van der Waals surface area contributed by atoms with E-state index >= 15 is 0 Å². The molecule has 1 aliphatic heterocycles. The van der Waals surface area contributed by atoms with Crippen LogP contribution < -0.4 is 4.74 Å². The van der Waals surface area contributed by atoms with E-state index in [-0.39, 0.29) is 11.7 Å². The molecule has 0 aliphatic carbocycles. The molecular weight excluding hydrogens is 300 g/mol. The fourth-order valence-corrected chi connectivity index (χ4v) is 3.38. The van der Waals surface area contributed by atoms with Gasteiger partial charge < -0.3 is 14.2 Å². The van der Waals surface area contributed by atoms with Gasteiger partial charge in [-0.25, -0.2) is 0 Å². The molecule has 1 aliphatic rings. The molecule has 1 fully saturated rings. The summed E-state index contributed by atoms with van der Waals surface area (Å²) in [5.74, 6) is 0.877. The van der Waals surface area contributed by atoms with Gasteiger partial charge in [-0.1, -0.05) is 30.7 Å². The van der Waals surface area contributed by atoms with Crippen LogP contribution in [-0.2, 0) is 16.1 Å². The van der Waals surface area contributed by atoms with Gasteiger partial charge in [0.1, 0.15) is 5.75 Å². The summed E-state index contributed by atoms with van der Waals surface area (Å²) in [7, 11) is 1.69. The molecule has 0 amide bonds. The van der Waals surface area contributed by atoms with Crippen molar-refractivity contribution in [3.63, 3.8) is 0 Å². The highest BCUT2D eigenvalue weighted by atomic mass is 16.6. The summed E-state index contributed by atoms with van der Waals surface area (Å²) in [5.41, 5.74) is 2.51. The lowest BCUT2D eigenvalue weighted by molar-refractivity contribution is -0.118. The zero-order chi connectivity index (χ0) is 17.4. The minimum atomic E-state index is -0.154. The SMILES string of the molecule is C/C=C(\CC)CC[C@@H](OCc1ccc(OC)cc1)[C@]1(C)CCCO1. The van der Waals surface area contributed by atoms with Gasteiger partial charge in [0.15, 0.2) is 0 Å². The van der Waals surface area contributed by atoms with Crippen LogP contribution in [0, 0.1) is 0 Å². The van der Waals surface area contributed by atoms with Crippen LogP contribution in [0.4, 0.5) is 0 Å². The number of hydrogen-bond acceptors (Lipinski definition) is 3. The summed E-state index contributed by atoms with van der Waals surface area (Å²) in [4.78, 5) is 0. The van der Waals surface area contributed by atoms with Crippen LogP contribution in [-0.4, -0.2) is 25.4 Å². The lowest BCUT2D eigenvalue weighted by Crippen LogP contribution is -2.40. The van der Waals surface area contributed by atoms with Crippen LogP contribution in [0.15, 0.2) is 35.9 Å². The van der Waals surface area contributed by atoms with E-state index in [9.17, 15) is 0 Å². The monoisotopic (exact) mass is 332 g/mol. The van der Waals surface area contributed by atoms with Crippen LogP contribution >= 0.6 is 0 Å². The minimum Gasteiger partial charge on any atom is -0.497 e. The van der Waals surface area contributed by atoms with Gasteiger partial charge in [-0.05, 0) is 63.6 Å². The molecule has 0 aromatic heterocycles. The average Bonchev–Trinajstić information content (AvgIpc) is 3.06. The third-order valence-electron chi connectivity index (χ3n) is 5.13. The Morgan fingerprint density at radius 3 is 2.62 bits per heavy atom. The zero-order valence-corrected chi connectivity index (χ0v) is 15.6. The van der Waals surface area contributed by atoms with Gasteiger partial charge in [0.05, 0.1) is 25.4 Å². The third-order valence-corrected chi connectivity index (χ3v) is 5.13. The molecule has 0 saturated carbocycles. The van der Waals surface area contributed by atoms with E-state index in [0.29, 0.717) is 6.61 Å². The third kappa shape index (κ3) is 5.09. The van der Waals surface area contributed by atoms with Crippen LogP contribution in [0.2, 0.25) is 0 Å². The molecule has 0 bridgehead atoms. The first-order valence-electron chi connectivity index (χ1n) is 9.14. The molecule has 0 spiro atoms. The van der Waals surface area contributed by atoms with Crippen molar-refractivity contribution in [3.8, 4) is 5.75 Å². The van der Waals surface area contributed by atoms with Gasteiger partial charge in [-0.2, -0.15) is 0 Å². The van der Waals surface area contributed by atoms with Crippen LogP contribution in [0.25, 0.3) is 0 Å². The first kappa shape index (κ1) is 19.0. The zero-order valence-electron chi connectivity index (χ0n) is 15.6. The Hall–Kier alpha value is -1.32. The van der Waals surface area contributed by atoms with E-state index in [4.69, 9.17) is 14.2 Å². The molecule has 1 aromatic rings. The Kier molecular flexibility index (Phi) is 7.32. The van der Waals surface area contributed by atoms with Crippen molar-refractivity contribution >= 4 is 0 Å². The standard InChI is InChI=1S/C21H32O3/c1-5-17(6-2)10-13-20(21(3)14-7-15-24-21)23-16-18-8-11-19(22-4)12-9-18/h5,8-9,11-12,20H,6-7,10,13-16H2,1-4H3/b17-5+/t20-,21+/m1/s1. The highest BCUT2D eigenvalue weighted by Gasteiger charge is 2.38. The van der Waals surface area contributed by atoms with E-state index in [2.05, 4.69) is 39.0 Å². The summed E-state index contributed by atoms with van der Waals surface area (Å²) >= 11 is 0.